The molecule has 0 radical (unpaired) electrons. The molecule has 0 aromatic carbocycles. The lowest BCUT2D eigenvalue weighted by Gasteiger charge is -2.18. The fraction of sp³-hybridized carbons (Fsp3) is 0.667. The molecule has 94 valence electrons. The zero-order chi connectivity index (χ0) is 12.6. The van der Waals surface area contributed by atoms with Crippen LogP contribution in [0.25, 0.3) is 0 Å². The van der Waals surface area contributed by atoms with Crippen molar-refractivity contribution in [1.82, 2.24) is 5.32 Å². The van der Waals surface area contributed by atoms with E-state index in [1.165, 1.54) is 18.5 Å². The second-order valence-electron chi connectivity index (χ2n) is 5.86. The van der Waals surface area contributed by atoms with Crippen LogP contribution >= 0.6 is 0 Å². The first kappa shape index (κ1) is 12.4. The second kappa shape index (κ2) is 4.67. The van der Waals surface area contributed by atoms with Gasteiger partial charge in [-0.15, -0.1) is 0 Å². The maximum absolute atomic E-state index is 4.76. The third kappa shape index (κ3) is 2.99. The summed E-state index contributed by atoms with van der Waals surface area (Å²) in [5, 5.41) is 3.32. The standard InChI is InChI=1S/C15H24N2/c1-9(2)16-11(4)12(5)17-15-8-14-7-13(14)6-10(15)3/h8-10,13-14,16H,4,6-7H2,1-3,5H3/b17-12+. The number of aliphatic imine (C=N–C) groups is 1. The Morgan fingerprint density at radius 1 is 1.47 bits per heavy atom. The third-order valence-corrected chi connectivity index (χ3v) is 3.72. The van der Waals surface area contributed by atoms with E-state index in [1.807, 2.05) is 6.92 Å². The topological polar surface area (TPSA) is 24.4 Å². The molecule has 2 rings (SSSR count). The zero-order valence-electron chi connectivity index (χ0n) is 11.5. The Labute approximate surface area is 105 Å². The third-order valence-electron chi connectivity index (χ3n) is 3.72. The highest BCUT2D eigenvalue weighted by Gasteiger charge is 2.40. The van der Waals surface area contributed by atoms with Gasteiger partial charge in [0.15, 0.2) is 0 Å². The smallest absolute Gasteiger partial charge is 0.0600 e. The van der Waals surface area contributed by atoms with E-state index in [1.54, 1.807) is 0 Å². The van der Waals surface area contributed by atoms with Gasteiger partial charge in [-0.3, -0.25) is 4.99 Å². The van der Waals surface area contributed by atoms with Crippen molar-refractivity contribution in [2.75, 3.05) is 0 Å². The largest absolute Gasteiger partial charge is 0.382 e. The molecule has 0 amide bonds. The van der Waals surface area contributed by atoms with Crippen molar-refractivity contribution in [3.8, 4) is 0 Å². The van der Waals surface area contributed by atoms with Crippen molar-refractivity contribution in [2.45, 2.75) is 46.6 Å². The first-order valence-corrected chi connectivity index (χ1v) is 6.70. The summed E-state index contributed by atoms with van der Waals surface area (Å²) in [5.74, 6) is 2.39. The molecule has 0 bridgehead atoms. The van der Waals surface area contributed by atoms with Crippen molar-refractivity contribution < 1.29 is 0 Å². The van der Waals surface area contributed by atoms with Gasteiger partial charge in [0.25, 0.3) is 0 Å². The molecule has 0 spiro atoms. The van der Waals surface area contributed by atoms with Crippen molar-refractivity contribution in [2.24, 2.45) is 22.7 Å². The van der Waals surface area contributed by atoms with Crippen molar-refractivity contribution in [3.05, 3.63) is 24.0 Å². The van der Waals surface area contributed by atoms with E-state index in [2.05, 4.69) is 38.7 Å². The van der Waals surface area contributed by atoms with Crippen LogP contribution in [0.4, 0.5) is 0 Å². The van der Waals surface area contributed by atoms with Gasteiger partial charge in [-0.2, -0.15) is 0 Å². The predicted molar refractivity (Wildman–Crippen MR) is 74.0 cm³/mol. The van der Waals surface area contributed by atoms with Gasteiger partial charge in [0, 0.05) is 17.4 Å². The summed E-state index contributed by atoms with van der Waals surface area (Å²) in [6.45, 7) is 12.6. The Morgan fingerprint density at radius 3 is 2.82 bits per heavy atom. The molecule has 3 unspecified atom stereocenters. The summed E-state index contributed by atoms with van der Waals surface area (Å²) >= 11 is 0. The SMILES string of the molecule is C=C(NC(C)C)/C(C)=N/C1=CC2CC2CC1C. The van der Waals surface area contributed by atoms with Gasteiger partial charge < -0.3 is 5.32 Å². The van der Waals surface area contributed by atoms with Crippen LogP contribution in [0.15, 0.2) is 29.0 Å². The average Bonchev–Trinajstić information content (AvgIpc) is 2.94. The van der Waals surface area contributed by atoms with E-state index < -0.39 is 0 Å². The second-order valence-corrected chi connectivity index (χ2v) is 5.86. The molecule has 1 saturated carbocycles. The first-order valence-electron chi connectivity index (χ1n) is 6.70. The number of nitrogens with zero attached hydrogens (tertiary/aromatic N) is 1. The summed E-state index contributed by atoms with van der Waals surface area (Å²) in [6.07, 6.45) is 5.08. The number of allylic oxidation sites excluding steroid dienone is 3. The Hall–Kier alpha value is -1.05. The number of hydrogen-bond acceptors (Lipinski definition) is 2. The molecule has 1 N–H and O–H groups in total. The van der Waals surface area contributed by atoms with Crippen molar-refractivity contribution in [3.63, 3.8) is 0 Å². The number of fused-ring (bicyclic) bond motifs is 1. The van der Waals surface area contributed by atoms with Crippen LogP contribution in [0.5, 0.6) is 0 Å². The lowest BCUT2D eigenvalue weighted by molar-refractivity contribution is 0.519. The lowest BCUT2D eigenvalue weighted by Crippen LogP contribution is -2.25. The molecule has 0 aromatic rings. The summed E-state index contributed by atoms with van der Waals surface area (Å²) in [7, 11) is 0. The van der Waals surface area contributed by atoms with Gasteiger partial charge in [0.05, 0.1) is 5.71 Å². The minimum atomic E-state index is 0.415. The molecule has 0 aliphatic heterocycles. The van der Waals surface area contributed by atoms with Gasteiger partial charge in [-0.1, -0.05) is 19.6 Å². The van der Waals surface area contributed by atoms with Gasteiger partial charge >= 0.3 is 0 Å². The Balaban J connectivity index is 2.05. The van der Waals surface area contributed by atoms with Crippen molar-refractivity contribution in [1.29, 1.82) is 0 Å². The van der Waals surface area contributed by atoms with Gasteiger partial charge in [0.2, 0.25) is 0 Å². The Kier molecular flexibility index (Phi) is 3.41. The van der Waals surface area contributed by atoms with Crippen LogP contribution < -0.4 is 5.32 Å². The van der Waals surface area contributed by atoms with Crippen LogP contribution in [0.1, 0.15) is 40.5 Å². The minimum Gasteiger partial charge on any atom is -0.382 e. The molecule has 1 fully saturated rings. The molecule has 2 nitrogen and oxygen atoms in total. The Morgan fingerprint density at radius 2 is 2.18 bits per heavy atom. The monoisotopic (exact) mass is 232 g/mol. The zero-order valence-corrected chi connectivity index (χ0v) is 11.5. The summed E-state index contributed by atoms with van der Waals surface area (Å²) in [6, 6.07) is 0.415. The van der Waals surface area contributed by atoms with Crippen LogP contribution in [0.3, 0.4) is 0 Å². The molecule has 0 heterocycles. The van der Waals surface area contributed by atoms with Gasteiger partial charge in [-0.05, 0) is 51.4 Å². The lowest BCUT2D eigenvalue weighted by atomic mass is 9.94. The molecule has 0 saturated heterocycles. The Bertz CT molecular complexity index is 376. The predicted octanol–water partition coefficient (Wildman–Crippen LogP) is 3.52. The van der Waals surface area contributed by atoms with Crippen molar-refractivity contribution >= 4 is 5.71 Å². The summed E-state index contributed by atoms with van der Waals surface area (Å²) in [4.78, 5) is 4.76. The van der Waals surface area contributed by atoms with Gasteiger partial charge in [0.1, 0.15) is 0 Å². The molecule has 3 atom stereocenters. The molecule has 0 aromatic heterocycles. The highest BCUT2D eigenvalue weighted by molar-refractivity contribution is 5.97. The van der Waals surface area contributed by atoms with E-state index in [4.69, 9.17) is 4.99 Å². The van der Waals surface area contributed by atoms with E-state index in [9.17, 15) is 0 Å². The molecule has 2 aliphatic carbocycles. The normalized spacial score (nSPS) is 31.9. The first-order chi connectivity index (χ1) is 7.97. The van der Waals surface area contributed by atoms with E-state index in [0.29, 0.717) is 12.0 Å². The highest BCUT2D eigenvalue weighted by Crippen LogP contribution is 2.50. The molecule has 17 heavy (non-hydrogen) atoms. The summed E-state index contributed by atoms with van der Waals surface area (Å²) in [5.41, 5.74) is 3.25. The number of nitrogens with one attached hydrogen (secondary N) is 1. The van der Waals surface area contributed by atoms with Crippen LogP contribution in [-0.2, 0) is 0 Å². The van der Waals surface area contributed by atoms with E-state index >= 15 is 0 Å². The minimum absolute atomic E-state index is 0.415. The van der Waals surface area contributed by atoms with Crippen LogP contribution in [-0.4, -0.2) is 11.8 Å². The highest BCUT2D eigenvalue weighted by atomic mass is 14.9. The molecular formula is C15H24N2. The maximum atomic E-state index is 4.76. The van der Waals surface area contributed by atoms with E-state index in [0.717, 1.165) is 23.2 Å². The number of rotatable bonds is 4. The fourth-order valence-electron chi connectivity index (χ4n) is 2.57. The van der Waals surface area contributed by atoms with Gasteiger partial charge in [-0.25, -0.2) is 0 Å². The fourth-order valence-corrected chi connectivity index (χ4v) is 2.57. The van der Waals surface area contributed by atoms with Crippen LogP contribution in [0, 0.1) is 17.8 Å². The van der Waals surface area contributed by atoms with Crippen LogP contribution in [0.2, 0.25) is 0 Å². The molecule has 2 aliphatic rings. The molecular weight excluding hydrogens is 208 g/mol. The number of hydrogen-bond donors (Lipinski definition) is 1. The molecule has 2 heteroatoms. The van der Waals surface area contributed by atoms with E-state index in [-0.39, 0.29) is 0 Å². The summed E-state index contributed by atoms with van der Waals surface area (Å²) < 4.78 is 0. The maximum Gasteiger partial charge on any atom is 0.0600 e. The quantitative estimate of drug-likeness (QED) is 0.737. The average molecular weight is 232 g/mol.